The van der Waals surface area contributed by atoms with E-state index in [2.05, 4.69) is 10.9 Å². The number of carbonyl (C=O) groups is 1. The molecule has 170 valence electrons. The molecule has 0 saturated carbocycles. The van der Waals surface area contributed by atoms with E-state index < -0.39 is 38.0 Å². The average molecular weight is 459 g/mol. The second-order valence-corrected chi connectivity index (χ2v) is 9.26. The maximum absolute atomic E-state index is 13.4. The number of nitro benzene ring substituents is 1. The van der Waals surface area contributed by atoms with E-state index in [1.165, 1.54) is 36.8 Å². The van der Waals surface area contributed by atoms with Gasteiger partial charge in [-0.1, -0.05) is 49.2 Å². The summed E-state index contributed by atoms with van der Waals surface area (Å²) in [6.45, 7) is -0.543. The Morgan fingerprint density at radius 3 is 2.44 bits per heavy atom. The number of nitrogens with one attached hydrogen (secondary N) is 2. The Morgan fingerprint density at radius 2 is 1.69 bits per heavy atom. The highest BCUT2D eigenvalue weighted by Crippen LogP contribution is 2.29. The van der Waals surface area contributed by atoms with Crippen molar-refractivity contribution in [3.05, 3.63) is 76.5 Å². The van der Waals surface area contributed by atoms with Crippen molar-refractivity contribution in [1.29, 1.82) is 0 Å². The van der Waals surface area contributed by atoms with Gasteiger partial charge in [-0.05, 0) is 43.9 Å². The number of hydrogen-bond acceptors (Lipinski definition) is 6. The van der Waals surface area contributed by atoms with Crippen LogP contribution in [-0.2, 0) is 14.8 Å². The number of nitrogens with zero attached hydrogens (tertiary/aromatic N) is 2. The molecule has 2 N–H and O–H groups in total. The minimum Gasteiger partial charge on any atom is -0.303 e. The molecule has 3 rings (SSSR count). The van der Waals surface area contributed by atoms with Gasteiger partial charge >= 0.3 is 0 Å². The highest BCUT2D eigenvalue weighted by atomic mass is 32.2. The monoisotopic (exact) mass is 458 g/mol. The molecule has 1 aliphatic carbocycles. The van der Waals surface area contributed by atoms with Crippen molar-refractivity contribution in [1.82, 2.24) is 10.9 Å². The van der Waals surface area contributed by atoms with E-state index in [9.17, 15) is 23.3 Å². The summed E-state index contributed by atoms with van der Waals surface area (Å²) < 4.78 is 27.7. The Morgan fingerprint density at radius 1 is 1.00 bits per heavy atom. The summed E-state index contributed by atoms with van der Waals surface area (Å²) in [5, 5.41) is 11.4. The first-order chi connectivity index (χ1) is 15.4. The molecule has 32 heavy (non-hydrogen) atoms. The molecule has 0 heterocycles. The molecule has 0 aliphatic heterocycles. The van der Waals surface area contributed by atoms with Crippen molar-refractivity contribution < 1.29 is 18.1 Å². The summed E-state index contributed by atoms with van der Waals surface area (Å²) in [5.74, 6) is -0.584. The number of benzene rings is 2. The van der Waals surface area contributed by atoms with E-state index in [1.54, 1.807) is 18.2 Å². The number of para-hydroxylation sites is 2. The third kappa shape index (κ3) is 5.85. The largest absolute Gasteiger partial charge is 0.303 e. The lowest BCUT2D eigenvalue weighted by atomic mass is 10.0. The first-order valence-electron chi connectivity index (χ1n) is 10.4. The van der Waals surface area contributed by atoms with Gasteiger partial charge in [0, 0.05) is 11.8 Å². The van der Waals surface area contributed by atoms with Crippen LogP contribution in [0.15, 0.2) is 71.3 Å². The van der Waals surface area contributed by atoms with Crippen LogP contribution in [-0.4, -0.2) is 25.8 Å². The van der Waals surface area contributed by atoms with E-state index in [0.717, 1.165) is 48.2 Å². The van der Waals surface area contributed by atoms with Crippen molar-refractivity contribution in [3.8, 4) is 0 Å². The number of amides is 1. The topological polar surface area (TPSA) is 122 Å². The Balaban J connectivity index is 1.84. The third-order valence-corrected chi connectivity index (χ3v) is 6.94. The SMILES string of the molecule is O=C(CN(c1ccccc1)S(=O)(=O)c1ccccc1[N+](=O)[O-])NNC1=CCCCCCC1. The van der Waals surface area contributed by atoms with Crippen molar-refractivity contribution in [2.45, 2.75) is 43.4 Å². The highest BCUT2D eigenvalue weighted by molar-refractivity contribution is 7.93. The molecule has 10 heteroatoms. The second kappa shape index (κ2) is 10.8. The number of sulfonamides is 1. The van der Waals surface area contributed by atoms with E-state index in [-0.39, 0.29) is 5.69 Å². The number of rotatable bonds is 8. The van der Waals surface area contributed by atoms with Gasteiger partial charge in [-0.3, -0.25) is 24.6 Å². The zero-order chi connectivity index (χ0) is 23.0. The molecule has 1 amide bonds. The van der Waals surface area contributed by atoms with E-state index in [1.807, 2.05) is 6.08 Å². The number of carbonyl (C=O) groups excluding carboxylic acids is 1. The Hall–Kier alpha value is -3.40. The molecule has 0 saturated heterocycles. The molecule has 0 spiro atoms. The van der Waals surface area contributed by atoms with Crippen molar-refractivity contribution in [3.63, 3.8) is 0 Å². The van der Waals surface area contributed by atoms with Crippen LogP contribution >= 0.6 is 0 Å². The predicted octanol–water partition coefficient (Wildman–Crippen LogP) is 3.65. The summed E-state index contributed by atoms with van der Waals surface area (Å²) in [5.41, 5.74) is 6.04. The minimum atomic E-state index is -4.39. The highest BCUT2D eigenvalue weighted by Gasteiger charge is 2.33. The number of anilines is 1. The molecule has 2 aromatic carbocycles. The smallest absolute Gasteiger partial charge is 0.289 e. The molecule has 0 unspecified atom stereocenters. The van der Waals surface area contributed by atoms with Gasteiger partial charge in [-0.15, -0.1) is 0 Å². The fourth-order valence-electron chi connectivity index (χ4n) is 3.48. The third-order valence-electron chi connectivity index (χ3n) is 5.11. The standard InChI is InChI=1S/C22H26N4O5S/c27-22(24-23-18-11-5-2-1-3-6-12-18)17-25(19-13-7-4-8-14-19)32(30,31)21-16-10-9-15-20(21)26(28)29/h4,7-11,13-16,23H,1-3,5-6,12,17H2,(H,24,27). The molecule has 2 aromatic rings. The summed E-state index contributed by atoms with van der Waals surface area (Å²) in [6.07, 6.45) is 8.18. The maximum atomic E-state index is 13.4. The molecule has 0 fully saturated rings. The quantitative estimate of drug-likeness (QED) is 0.460. The van der Waals surface area contributed by atoms with Gasteiger partial charge < -0.3 is 5.43 Å². The molecule has 0 bridgehead atoms. The lowest BCUT2D eigenvalue weighted by molar-refractivity contribution is -0.387. The summed E-state index contributed by atoms with van der Waals surface area (Å²) in [4.78, 5) is 22.9. The Labute approximate surface area is 187 Å². The Kier molecular flexibility index (Phi) is 7.82. The number of allylic oxidation sites excluding steroid dienone is 2. The number of hydrogen-bond donors (Lipinski definition) is 2. The second-order valence-electron chi connectivity index (χ2n) is 7.43. The van der Waals surface area contributed by atoms with Gasteiger partial charge in [-0.2, -0.15) is 0 Å². The van der Waals surface area contributed by atoms with Crippen molar-refractivity contribution in [2.75, 3.05) is 10.8 Å². The van der Waals surface area contributed by atoms with Crippen LogP contribution in [0.4, 0.5) is 11.4 Å². The van der Waals surface area contributed by atoms with Crippen LogP contribution in [0.2, 0.25) is 0 Å². The lowest BCUT2D eigenvalue weighted by Crippen LogP contribution is -2.45. The van der Waals surface area contributed by atoms with E-state index in [4.69, 9.17) is 0 Å². The summed E-state index contributed by atoms with van der Waals surface area (Å²) >= 11 is 0. The van der Waals surface area contributed by atoms with Gasteiger partial charge in [0.25, 0.3) is 21.6 Å². The molecule has 0 radical (unpaired) electrons. The molecular weight excluding hydrogens is 432 g/mol. The molecule has 9 nitrogen and oxygen atoms in total. The molecule has 1 aliphatic rings. The Bertz CT molecular complexity index is 1090. The molecular formula is C22H26N4O5S. The maximum Gasteiger partial charge on any atom is 0.289 e. The van der Waals surface area contributed by atoms with Crippen LogP contribution in [0, 0.1) is 10.1 Å². The summed E-state index contributed by atoms with van der Waals surface area (Å²) in [7, 11) is -4.39. The van der Waals surface area contributed by atoms with Gasteiger partial charge in [0.1, 0.15) is 6.54 Å². The zero-order valence-corrected chi connectivity index (χ0v) is 18.4. The van der Waals surface area contributed by atoms with Crippen LogP contribution in [0.3, 0.4) is 0 Å². The van der Waals surface area contributed by atoms with Crippen LogP contribution in [0.1, 0.15) is 38.5 Å². The van der Waals surface area contributed by atoms with Crippen LogP contribution < -0.4 is 15.2 Å². The number of nitro groups is 1. The first kappa shape index (κ1) is 23.3. The van der Waals surface area contributed by atoms with Gasteiger partial charge in [0.05, 0.1) is 10.6 Å². The zero-order valence-electron chi connectivity index (χ0n) is 17.6. The average Bonchev–Trinajstić information content (AvgIpc) is 2.77. The number of hydrazine groups is 1. The van der Waals surface area contributed by atoms with Crippen molar-refractivity contribution >= 4 is 27.3 Å². The van der Waals surface area contributed by atoms with Crippen molar-refractivity contribution in [2.24, 2.45) is 0 Å². The fourth-order valence-corrected chi connectivity index (χ4v) is 5.06. The normalized spacial score (nSPS) is 14.4. The first-order valence-corrected chi connectivity index (χ1v) is 11.9. The van der Waals surface area contributed by atoms with E-state index >= 15 is 0 Å². The van der Waals surface area contributed by atoms with Gasteiger partial charge in [0.15, 0.2) is 4.90 Å². The van der Waals surface area contributed by atoms with Gasteiger partial charge in [-0.25, -0.2) is 8.42 Å². The fraction of sp³-hybridized carbons (Fsp3) is 0.318. The lowest BCUT2D eigenvalue weighted by Gasteiger charge is -2.24. The van der Waals surface area contributed by atoms with Gasteiger partial charge in [0.2, 0.25) is 0 Å². The van der Waals surface area contributed by atoms with Crippen LogP contribution in [0.5, 0.6) is 0 Å². The van der Waals surface area contributed by atoms with E-state index in [0.29, 0.717) is 0 Å². The van der Waals surface area contributed by atoms with Crippen LogP contribution in [0.25, 0.3) is 0 Å². The minimum absolute atomic E-state index is 0.228. The molecule has 0 atom stereocenters. The predicted molar refractivity (Wildman–Crippen MR) is 121 cm³/mol. The summed E-state index contributed by atoms with van der Waals surface area (Å²) in [6, 6.07) is 13.1. The molecule has 0 aromatic heterocycles.